The van der Waals surface area contributed by atoms with Crippen LogP contribution in [0.2, 0.25) is 0 Å². The van der Waals surface area contributed by atoms with Crippen molar-refractivity contribution in [2.24, 2.45) is 11.8 Å². The van der Waals surface area contributed by atoms with Crippen molar-refractivity contribution >= 4 is 11.8 Å². The van der Waals surface area contributed by atoms with Crippen molar-refractivity contribution < 1.29 is 14.3 Å². The van der Waals surface area contributed by atoms with Gasteiger partial charge in [0.1, 0.15) is 0 Å². The SMILES string of the molecule is CCCCN(C)C(=O)C1CC1C(=O)NCC1CCCO1. The Labute approximate surface area is 121 Å². The molecule has 2 rings (SSSR count). The third-order valence-corrected chi connectivity index (χ3v) is 4.20. The van der Waals surface area contributed by atoms with Gasteiger partial charge in [0.2, 0.25) is 11.8 Å². The smallest absolute Gasteiger partial charge is 0.226 e. The number of unbranched alkanes of at least 4 members (excludes halogenated alkanes) is 1. The van der Waals surface area contributed by atoms with Crippen LogP contribution in [0, 0.1) is 11.8 Å². The molecule has 1 aliphatic carbocycles. The van der Waals surface area contributed by atoms with Gasteiger partial charge in [-0.15, -0.1) is 0 Å². The lowest BCUT2D eigenvalue weighted by molar-refractivity contribution is -0.133. The summed E-state index contributed by atoms with van der Waals surface area (Å²) in [4.78, 5) is 25.8. The van der Waals surface area contributed by atoms with Gasteiger partial charge in [0, 0.05) is 26.7 Å². The van der Waals surface area contributed by atoms with Crippen LogP contribution in [-0.2, 0) is 14.3 Å². The molecule has 1 saturated heterocycles. The molecule has 0 aromatic rings. The summed E-state index contributed by atoms with van der Waals surface area (Å²) in [5, 5.41) is 2.92. The minimum absolute atomic E-state index is 0.0164. The highest BCUT2D eigenvalue weighted by Gasteiger charge is 2.48. The van der Waals surface area contributed by atoms with Crippen LogP contribution in [0.5, 0.6) is 0 Å². The normalized spacial score (nSPS) is 28.2. The van der Waals surface area contributed by atoms with Gasteiger partial charge in [-0.1, -0.05) is 13.3 Å². The van der Waals surface area contributed by atoms with E-state index >= 15 is 0 Å². The topological polar surface area (TPSA) is 58.6 Å². The highest BCUT2D eigenvalue weighted by molar-refractivity contribution is 5.92. The molecule has 0 spiro atoms. The Balaban J connectivity index is 1.67. The predicted molar refractivity (Wildman–Crippen MR) is 76.1 cm³/mol. The maximum atomic E-state index is 12.1. The van der Waals surface area contributed by atoms with E-state index in [1.165, 1.54) is 0 Å². The molecule has 2 fully saturated rings. The fourth-order valence-electron chi connectivity index (χ4n) is 2.70. The Bertz CT molecular complexity index is 353. The zero-order valence-electron chi connectivity index (χ0n) is 12.6. The largest absolute Gasteiger partial charge is 0.376 e. The second-order valence-corrected chi connectivity index (χ2v) is 5.94. The number of amides is 2. The molecule has 2 amide bonds. The minimum Gasteiger partial charge on any atom is -0.376 e. The monoisotopic (exact) mass is 282 g/mol. The molecule has 0 bridgehead atoms. The second kappa shape index (κ2) is 7.07. The van der Waals surface area contributed by atoms with Crippen LogP contribution in [0.3, 0.4) is 0 Å². The first-order chi connectivity index (χ1) is 9.63. The van der Waals surface area contributed by atoms with E-state index in [0.29, 0.717) is 13.0 Å². The molecule has 3 unspecified atom stereocenters. The van der Waals surface area contributed by atoms with Crippen molar-refractivity contribution in [2.75, 3.05) is 26.7 Å². The summed E-state index contributed by atoms with van der Waals surface area (Å²) in [5.74, 6) is -0.0761. The molecule has 2 aliphatic rings. The lowest BCUT2D eigenvalue weighted by atomic mass is 10.2. The van der Waals surface area contributed by atoms with Crippen LogP contribution in [0.4, 0.5) is 0 Å². The number of hydrogen-bond acceptors (Lipinski definition) is 3. The maximum Gasteiger partial charge on any atom is 0.226 e. The van der Waals surface area contributed by atoms with Crippen molar-refractivity contribution in [1.29, 1.82) is 0 Å². The van der Waals surface area contributed by atoms with Gasteiger partial charge >= 0.3 is 0 Å². The van der Waals surface area contributed by atoms with Crippen molar-refractivity contribution in [2.45, 2.75) is 45.1 Å². The van der Waals surface area contributed by atoms with Crippen molar-refractivity contribution in [3.05, 3.63) is 0 Å². The molecule has 3 atom stereocenters. The van der Waals surface area contributed by atoms with E-state index < -0.39 is 0 Å². The van der Waals surface area contributed by atoms with Crippen molar-refractivity contribution in [3.8, 4) is 0 Å². The Kier molecular flexibility index (Phi) is 5.40. The number of nitrogens with zero attached hydrogens (tertiary/aromatic N) is 1. The molecule has 1 saturated carbocycles. The van der Waals surface area contributed by atoms with Crippen LogP contribution < -0.4 is 5.32 Å². The van der Waals surface area contributed by atoms with E-state index in [9.17, 15) is 9.59 Å². The standard InChI is InChI=1S/C15H26N2O3/c1-3-4-7-17(2)15(19)13-9-12(13)14(18)16-10-11-6-5-8-20-11/h11-13H,3-10H2,1-2H3,(H,16,18). The summed E-state index contributed by atoms with van der Waals surface area (Å²) in [6, 6.07) is 0. The average molecular weight is 282 g/mol. The third-order valence-electron chi connectivity index (χ3n) is 4.20. The number of carbonyl (C=O) groups is 2. The zero-order chi connectivity index (χ0) is 14.5. The molecule has 20 heavy (non-hydrogen) atoms. The Morgan fingerprint density at radius 1 is 1.35 bits per heavy atom. The first kappa shape index (κ1) is 15.3. The van der Waals surface area contributed by atoms with Crippen LogP contribution in [0.1, 0.15) is 39.0 Å². The molecule has 0 aromatic heterocycles. The van der Waals surface area contributed by atoms with E-state index in [4.69, 9.17) is 4.74 Å². The number of hydrogen-bond donors (Lipinski definition) is 1. The van der Waals surface area contributed by atoms with Crippen LogP contribution >= 0.6 is 0 Å². The lowest BCUT2D eigenvalue weighted by Gasteiger charge is -2.16. The van der Waals surface area contributed by atoms with Gasteiger partial charge in [-0.25, -0.2) is 0 Å². The first-order valence-electron chi connectivity index (χ1n) is 7.77. The number of ether oxygens (including phenoxy) is 1. The lowest BCUT2D eigenvalue weighted by Crippen LogP contribution is -2.35. The molecule has 114 valence electrons. The van der Waals surface area contributed by atoms with Gasteiger partial charge in [0.15, 0.2) is 0 Å². The zero-order valence-corrected chi connectivity index (χ0v) is 12.6. The molecule has 1 N–H and O–H groups in total. The highest BCUT2D eigenvalue weighted by atomic mass is 16.5. The minimum atomic E-state index is -0.118. The molecule has 1 aliphatic heterocycles. The van der Waals surface area contributed by atoms with Crippen LogP contribution in [-0.4, -0.2) is 49.6 Å². The summed E-state index contributed by atoms with van der Waals surface area (Å²) in [7, 11) is 1.83. The first-order valence-corrected chi connectivity index (χ1v) is 7.77. The van der Waals surface area contributed by atoms with Crippen molar-refractivity contribution in [1.82, 2.24) is 10.2 Å². The van der Waals surface area contributed by atoms with Gasteiger partial charge in [0.25, 0.3) is 0 Å². The van der Waals surface area contributed by atoms with E-state index in [0.717, 1.165) is 38.8 Å². The van der Waals surface area contributed by atoms with E-state index in [-0.39, 0.29) is 29.8 Å². The highest BCUT2D eigenvalue weighted by Crippen LogP contribution is 2.40. The van der Waals surface area contributed by atoms with Crippen LogP contribution in [0.25, 0.3) is 0 Å². The molecule has 5 nitrogen and oxygen atoms in total. The summed E-state index contributed by atoms with van der Waals surface area (Å²) in [5.41, 5.74) is 0. The Morgan fingerprint density at radius 3 is 2.80 bits per heavy atom. The van der Waals surface area contributed by atoms with E-state index in [1.54, 1.807) is 4.90 Å². The number of rotatable bonds is 7. The molecule has 0 aromatic carbocycles. The number of nitrogens with one attached hydrogen (secondary N) is 1. The van der Waals surface area contributed by atoms with Gasteiger partial charge in [-0.3, -0.25) is 9.59 Å². The molecule has 5 heteroatoms. The van der Waals surface area contributed by atoms with Gasteiger partial charge in [0.05, 0.1) is 17.9 Å². The van der Waals surface area contributed by atoms with Gasteiger partial charge in [-0.05, 0) is 25.7 Å². The van der Waals surface area contributed by atoms with Gasteiger partial charge in [-0.2, -0.15) is 0 Å². The molecule has 1 heterocycles. The fraction of sp³-hybridized carbons (Fsp3) is 0.867. The molecular formula is C15H26N2O3. The van der Waals surface area contributed by atoms with Crippen LogP contribution in [0.15, 0.2) is 0 Å². The van der Waals surface area contributed by atoms with E-state index in [2.05, 4.69) is 12.2 Å². The van der Waals surface area contributed by atoms with Gasteiger partial charge < -0.3 is 15.0 Å². The summed E-state index contributed by atoms with van der Waals surface area (Å²) in [6.07, 6.45) is 5.06. The summed E-state index contributed by atoms with van der Waals surface area (Å²) in [6.45, 7) is 4.28. The number of carbonyl (C=O) groups excluding carboxylic acids is 2. The van der Waals surface area contributed by atoms with Crippen molar-refractivity contribution in [3.63, 3.8) is 0 Å². The fourth-order valence-corrected chi connectivity index (χ4v) is 2.70. The summed E-state index contributed by atoms with van der Waals surface area (Å²) < 4.78 is 5.47. The third kappa shape index (κ3) is 3.95. The van der Waals surface area contributed by atoms with E-state index in [1.807, 2.05) is 7.05 Å². The second-order valence-electron chi connectivity index (χ2n) is 5.94. The average Bonchev–Trinajstić information content (AvgIpc) is 3.09. The quantitative estimate of drug-likeness (QED) is 0.763. The maximum absolute atomic E-state index is 12.1. The predicted octanol–water partition coefficient (Wildman–Crippen LogP) is 1.18. The Morgan fingerprint density at radius 2 is 2.15 bits per heavy atom. The summed E-state index contributed by atoms with van der Waals surface area (Å²) >= 11 is 0. The molecular weight excluding hydrogens is 256 g/mol. The Hall–Kier alpha value is -1.10. The molecule has 0 radical (unpaired) electrons.